The van der Waals surface area contributed by atoms with Crippen LogP contribution in [0.5, 0.6) is 23.0 Å². The SMILES string of the molecule is CC(C)(O)CCc1c(-c2ccc(O)cc2O)oc2cc3c(c(O)c2c1=O)C=CC(C)(C)O3. The van der Waals surface area contributed by atoms with Crippen molar-refractivity contribution in [2.45, 2.75) is 51.7 Å². The van der Waals surface area contributed by atoms with Crippen LogP contribution in [-0.4, -0.2) is 31.6 Å². The lowest BCUT2D eigenvalue weighted by molar-refractivity contribution is 0.0713. The molecule has 0 saturated carbocycles. The summed E-state index contributed by atoms with van der Waals surface area (Å²) >= 11 is 0. The Morgan fingerprint density at radius 1 is 1.09 bits per heavy atom. The van der Waals surface area contributed by atoms with E-state index in [1.165, 1.54) is 12.1 Å². The number of ether oxygens (including phenoxy) is 1. The van der Waals surface area contributed by atoms with Gasteiger partial charge >= 0.3 is 0 Å². The molecule has 0 spiro atoms. The Bertz CT molecular complexity index is 1310. The number of rotatable bonds is 4. The quantitative estimate of drug-likeness (QED) is 0.474. The zero-order valence-electron chi connectivity index (χ0n) is 18.4. The van der Waals surface area contributed by atoms with Crippen LogP contribution in [-0.2, 0) is 6.42 Å². The van der Waals surface area contributed by atoms with Crippen LogP contribution in [0.25, 0.3) is 28.4 Å². The average molecular weight is 438 g/mol. The largest absolute Gasteiger partial charge is 0.508 e. The van der Waals surface area contributed by atoms with Crippen molar-refractivity contribution in [2.24, 2.45) is 0 Å². The molecule has 7 nitrogen and oxygen atoms in total. The number of fused-ring (bicyclic) bond motifs is 2. The maximum Gasteiger partial charge on any atom is 0.200 e. The van der Waals surface area contributed by atoms with Crippen LogP contribution in [0, 0.1) is 0 Å². The van der Waals surface area contributed by atoms with Gasteiger partial charge in [0.15, 0.2) is 5.43 Å². The van der Waals surface area contributed by atoms with Crippen molar-refractivity contribution in [2.75, 3.05) is 0 Å². The molecule has 1 aliphatic heterocycles. The molecule has 4 N–H and O–H groups in total. The van der Waals surface area contributed by atoms with Crippen molar-refractivity contribution in [3.05, 3.63) is 51.7 Å². The van der Waals surface area contributed by atoms with Gasteiger partial charge in [-0.15, -0.1) is 0 Å². The van der Waals surface area contributed by atoms with Crippen molar-refractivity contribution in [1.82, 2.24) is 0 Å². The van der Waals surface area contributed by atoms with Gasteiger partial charge in [-0.1, -0.05) is 0 Å². The van der Waals surface area contributed by atoms with E-state index >= 15 is 0 Å². The van der Waals surface area contributed by atoms with E-state index in [9.17, 15) is 25.2 Å². The molecule has 7 heteroatoms. The Balaban J connectivity index is 2.03. The predicted octanol–water partition coefficient (Wildman–Crippen LogP) is 4.46. The van der Waals surface area contributed by atoms with Crippen LogP contribution in [0.15, 0.2) is 39.6 Å². The first kappa shape index (κ1) is 21.8. The molecule has 0 fully saturated rings. The van der Waals surface area contributed by atoms with Crippen LogP contribution < -0.4 is 10.2 Å². The summed E-state index contributed by atoms with van der Waals surface area (Å²) in [5.41, 5.74) is -1.20. The molecule has 3 aromatic rings. The van der Waals surface area contributed by atoms with Gasteiger partial charge in [0.25, 0.3) is 0 Å². The molecule has 0 radical (unpaired) electrons. The third-order valence-electron chi connectivity index (χ3n) is 5.49. The number of aliphatic hydroxyl groups is 1. The fraction of sp³-hybridized carbons (Fsp3) is 0.320. The second-order valence-electron chi connectivity index (χ2n) is 9.30. The summed E-state index contributed by atoms with van der Waals surface area (Å²) in [6.45, 7) is 6.99. The van der Waals surface area contributed by atoms with Crippen molar-refractivity contribution in [1.29, 1.82) is 0 Å². The Morgan fingerprint density at radius 2 is 1.81 bits per heavy atom. The lowest BCUT2D eigenvalue weighted by atomic mass is 9.94. The van der Waals surface area contributed by atoms with E-state index < -0.39 is 16.6 Å². The van der Waals surface area contributed by atoms with Gasteiger partial charge in [0.05, 0.1) is 16.7 Å². The third-order valence-corrected chi connectivity index (χ3v) is 5.49. The minimum absolute atomic E-state index is 0.00414. The van der Waals surface area contributed by atoms with Crippen molar-refractivity contribution in [3.8, 4) is 34.3 Å². The molecule has 0 atom stereocenters. The summed E-state index contributed by atoms with van der Waals surface area (Å²) in [6.07, 6.45) is 3.90. The summed E-state index contributed by atoms with van der Waals surface area (Å²) in [5, 5.41) is 41.2. The molecule has 1 aliphatic rings. The molecule has 0 unspecified atom stereocenters. The summed E-state index contributed by atoms with van der Waals surface area (Å²) in [7, 11) is 0. The van der Waals surface area contributed by atoms with Crippen LogP contribution in [0.4, 0.5) is 0 Å². The molecule has 0 saturated heterocycles. The molecule has 0 aliphatic carbocycles. The van der Waals surface area contributed by atoms with Crippen LogP contribution in [0.3, 0.4) is 0 Å². The summed E-state index contributed by atoms with van der Waals surface area (Å²) in [5.74, 6) is -0.171. The first-order valence-electron chi connectivity index (χ1n) is 10.3. The zero-order chi connectivity index (χ0) is 23.4. The average Bonchev–Trinajstić information content (AvgIpc) is 2.65. The number of hydrogen-bond donors (Lipinski definition) is 4. The van der Waals surface area contributed by atoms with E-state index in [1.807, 2.05) is 13.8 Å². The molecule has 0 amide bonds. The molecule has 2 heterocycles. The van der Waals surface area contributed by atoms with E-state index in [0.717, 1.165) is 6.07 Å². The second-order valence-corrected chi connectivity index (χ2v) is 9.30. The van der Waals surface area contributed by atoms with Crippen molar-refractivity contribution in [3.63, 3.8) is 0 Å². The van der Waals surface area contributed by atoms with E-state index in [4.69, 9.17) is 9.15 Å². The van der Waals surface area contributed by atoms with Crippen LogP contribution in [0.1, 0.15) is 45.2 Å². The molecule has 4 rings (SSSR count). The monoisotopic (exact) mass is 438 g/mol. The minimum atomic E-state index is -1.05. The van der Waals surface area contributed by atoms with E-state index in [0.29, 0.717) is 11.3 Å². The number of aromatic hydroxyl groups is 3. The number of hydrogen-bond acceptors (Lipinski definition) is 7. The Kier molecular flexibility index (Phi) is 4.97. The number of phenolic OH excluding ortho intramolecular Hbond substituents is 3. The fourth-order valence-electron chi connectivity index (χ4n) is 3.80. The van der Waals surface area contributed by atoms with Gasteiger partial charge in [-0.3, -0.25) is 4.79 Å². The fourth-order valence-corrected chi connectivity index (χ4v) is 3.80. The van der Waals surface area contributed by atoms with Gasteiger partial charge in [-0.25, -0.2) is 0 Å². The first-order chi connectivity index (χ1) is 14.9. The van der Waals surface area contributed by atoms with Crippen LogP contribution >= 0.6 is 0 Å². The van der Waals surface area contributed by atoms with Gasteiger partial charge in [0.1, 0.15) is 45.3 Å². The molecular formula is C25H26O7. The molecule has 32 heavy (non-hydrogen) atoms. The highest BCUT2D eigenvalue weighted by molar-refractivity contribution is 5.92. The molecule has 0 bridgehead atoms. The van der Waals surface area contributed by atoms with Gasteiger partial charge in [-0.2, -0.15) is 0 Å². The Morgan fingerprint density at radius 3 is 2.47 bits per heavy atom. The van der Waals surface area contributed by atoms with Crippen molar-refractivity contribution < 1.29 is 29.6 Å². The zero-order valence-corrected chi connectivity index (χ0v) is 18.4. The maximum atomic E-state index is 13.6. The Hall–Kier alpha value is -3.45. The summed E-state index contributed by atoms with van der Waals surface area (Å²) < 4.78 is 12.0. The smallest absolute Gasteiger partial charge is 0.200 e. The molecule has 168 valence electrons. The minimum Gasteiger partial charge on any atom is -0.508 e. The first-order valence-corrected chi connectivity index (χ1v) is 10.3. The van der Waals surface area contributed by atoms with Gasteiger partial charge in [-0.05, 0) is 64.8 Å². The third kappa shape index (κ3) is 3.91. The number of benzene rings is 2. The van der Waals surface area contributed by atoms with Gasteiger partial charge in [0.2, 0.25) is 0 Å². The normalized spacial score (nSPS) is 14.9. The predicted molar refractivity (Wildman–Crippen MR) is 121 cm³/mol. The highest BCUT2D eigenvalue weighted by Crippen LogP contribution is 2.43. The molecule has 1 aromatic heterocycles. The van der Waals surface area contributed by atoms with E-state index in [2.05, 4.69) is 0 Å². The van der Waals surface area contributed by atoms with Crippen molar-refractivity contribution >= 4 is 17.0 Å². The summed E-state index contributed by atoms with van der Waals surface area (Å²) in [6, 6.07) is 5.53. The van der Waals surface area contributed by atoms with E-state index in [1.54, 1.807) is 32.1 Å². The Labute approximate surface area is 184 Å². The van der Waals surface area contributed by atoms with Gasteiger partial charge < -0.3 is 29.6 Å². The lowest BCUT2D eigenvalue weighted by Crippen LogP contribution is -2.27. The number of phenols is 3. The molecular weight excluding hydrogens is 412 g/mol. The lowest BCUT2D eigenvalue weighted by Gasteiger charge is -2.28. The highest BCUT2D eigenvalue weighted by Gasteiger charge is 2.28. The van der Waals surface area contributed by atoms with Crippen LogP contribution in [0.2, 0.25) is 0 Å². The summed E-state index contributed by atoms with van der Waals surface area (Å²) in [4.78, 5) is 13.6. The second kappa shape index (κ2) is 7.31. The topological polar surface area (TPSA) is 120 Å². The highest BCUT2D eigenvalue weighted by atomic mass is 16.5. The standard InChI is InChI=1S/C25H26O7/c1-24(2,30)9-7-16-22(29)20-19(31-23(16)14-6-5-13(26)11-17(14)27)12-18-15(21(20)28)8-10-25(3,4)32-18/h5-6,8,10-12,26-28,30H,7,9H2,1-4H3. The molecule has 2 aromatic carbocycles. The maximum absolute atomic E-state index is 13.6. The van der Waals surface area contributed by atoms with Gasteiger partial charge in [0, 0.05) is 17.7 Å². The van der Waals surface area contributed by atoms with E-state index in [-0.39, 0.29) is 57.9 Å².